The molecule has 1 aromatic carbocycles. The summed E-state index contributed by atoms with van der Waals surface area (Å²) in [5.74, 6) is -0.329. The van der Waals surface area contributed by atoms with Crippen LogP contribution in [0.2, 0.25) is 0 Å². The molecule has 0 aliphatic carbocycles. The highest BCUT2D eigenvalue weighted by atomic mass is 16.3. The summed E-state index contributed by atoms with van der Waals surface area (Å²) < 4.78 is 0. The average Bonchev–Trinajstić information content (AvgIpc) is 2.33. The molecule has 4 nitrogen and oxygen atoms in total. The smallest absolute Gasteiger partial charge is 0.239 e. The molecule has 0 bridgehead atoms. The molecule has 1 rings (SSSR count). The predicted octanol–water partition coefficient (Wildman–Crippen LogP) is 0.548. The van der Waals surface area contributed by atoms with E-state index in [2.05, 4.69) is 19.2 Å². The lowest BCUT2D eigenvalue weighted by atomic mass is 9.99. The van der Waals surface area contributed by atoms with Crippen LogP contribution >= 0.6 is 0 Å². The molecule has 0 fully saturated rings. The fourth-order valence-electron chi connectivity index (χ4n) is 1.60. The molecule has 1 amide bonds. The molecule has 0 aliphatic rings. The van der Waals surface area contributed by atoms with Crippen LogP contribution in [-0.2, 0) is 11.3 Å². The van der Waals surface area contributed by atoms with Gasteiger partial charge in [-0.1, -0.05) is 12.1 Å². The number of benzene rings is 1. The standard InChI is InChI=1S/C13H20N2O2/c1-8-4-5-11(10(3)9(8)2)6-15-13(17)12(14)7-16/h4-5,12,16H,6-7,14H2,1-3H3,(H,15,17). The molecule has 0 heterocycles. The van der Waals surface area contributed by atoms with Crippen molar-refractivity contribution in [3.05, 3.63) is 34.4 Å². The number of rotatable bonds is 4. The van der Waals surface area contributed by atoms with Crippen molar-refractivity contribution < 1.29 is 9.90 Å². The molecule has 1 aromatic rings. The topological polar surface area (TPSA) is 75.4 Å². The number of aliphatic hydroxyl groups excluding tert-OH is 1. The summed E-state index contributed by atoms with van der Waals surface area (Å²) in [6, 6.07) is 3.19. The predicted molar refractivity (Wildman–Crippen MR) is 67.6 cm³/mol. The normalized spacial score (nSPS) is 12.3. The molecule has 4 heteroatoms. The van der Waals surface area contributed by atoms with E-state index in [0.29, 0.717) is 6.54 Å². The lowest BCUT2D eigenvalue weighted by Crippen LogP contribution is -2.42. The van der Waals surface area contributed by atoms with Crippen molar-refractivity contribution in [2.24, 2.45) is 5.73 Å². The van der Waals surface area contributed by atoms with E-state index < -0.39 is 6.04 Å². The number of hydrogen-bond donors (Lipinski definition) is 3. The Hall–Kier alpha value is -1.39. The Kier molecular flexibility index (Phi) is 4.66. The van der Waals surface area contributed by atoms with E-state index >= 15 is 0 Å². The summed E-state index contributed by atoms with van der Waals surface area (Å²) in [5, 5.41) is 11.5. The van der Waals surface area contributed by atoms with Crippen LogP contribution in [-0.4, -0.2) is 23.7 Å². The minimum atomic E-state index is -0.846. The van der Waals surface area contributed by atoms with Gasteiger partial charge in [-0.05, 0) is 43.0 Å². The highest BCUT2D eigenvalue weighted by Crippen LogP contribution is 2.16. The van der Waals surface area contributed by atoms with E-state index in [1.165, 1.54) is 16.7 Å². The van der Waals surface area contributed by atoms with E-state index in [9.17, 15) is 4.79 Å². The van der Waals surface area contributed by atoms with Gasteiger partial charge >= 0.3 is 0 Å². The van der Waals surface area contributed by atoms with Crippen molar-refractivity contribution in [2.45, 2.75) is 33.4 Å². The molecule has 94 valence electrons. The van der Waals surface area contributed by atoms with Crippen LogP contribution in [0.4, 0.5) is 0 Å². The summed E-state index contributed by atoms with van der Waals surface area (Å²) in [6.07, 6.45) is 0. The highest BCUT2D eigenvalue weighted by Gasteiger charge is 2.12. The number of aliphatic hydroxyl groups is 1. The Morgan fingerprint density at radius 1 is 1.35 bits per heavy atom. The zero-order chi connectivity index (χ0) is 13.0. The second-order valence-corrected chi connectivity index (χ2v) is 4.30. The molecule has 0 saturated heterocycles. The van der Waals surface area contributed by atoms with Gasteiger partial charge in [0, 0.05) is 6.54 Å². The third kappa shape index (κ3) is 3.28. The first-order valence-electron chi connectivity index (χ1n) is 5.67. The third-order valence-electron chi connectivity index (χ3n) is 3.16. The SMILES string of the molecule is Cc1ccc(CNC(=O)C(N)CO)c(C)c1C. The molecule has 0 spiro atoms. The first kappa shape index (κ1) is 13.7. The molecular formula is C13H20N2O2. The lowest BCUT2D eigenvalue weighted by Gasteiger charge is -2.13. The Balaban J connectivity index is 2.71. The van der Waals surface area contributed by atoms with E-state index in [0.717, 1.165) is 5.56 Å². The Morgan fingerprint density at radius 2 is 2.00 bits per heavy atom. The molecule has 4 N–H and O–H groups in total. The number of nitrogens with two attached hydrogens (primary N) is 1. The van der Waals surface area contributed by atoms with Crippen LogP contribution in [0.1, 0.15) is 22.3 Å². The highest BCUT2D eigenvalue weighted by molar-refractivity contribution is 5.81. The van der Waals surface area contributed by atoms with Gasteiger partial charge < -0.3 is 16.2 Å². The van der Waals surface area contributed by atoms with Crippen LogP contribution in [0.15, 0.2) is 12.1 Å². The van der Waals surface area contributed by atoms with E-state index in [-0.39, 0.29) is 12.5 Å². The molecule has 1 unspecified atom stereocenters. The van der Waals surface area contributed by atoms with Gasteiger partial charge in [-0.15, -0.1) is 0 Å². The number of hydrogen-bond acceptors (Lipinski definition) is 3. The second kappa shape index (κ2) is 5.80. The van der Waals surface area contributed by atoms with Crippen molar-refractivity contribution in [3.63, 3.8) is 0 Å². The zero-order valence-corrected chi connectivity index (χ0v) is 10.6. The molecule has 0 radical (unpaired) electrons. The maximum absolute atomic E-state index is 11.4. The first-order chi connectivity index (χ1) is 7.97. The van der Waals surface area contributed by atoms with Crippen molar-refractivity contribution in [3.8, 4) is 0 Å². The molecule has 17 heavy (non-hydrogen) atoms. The summed E-state index contributed by atoms with van der Waals surface area (Å²) in [4.78, 5) is 11.4. The van der Waals surface area contributed by atoms with Gasteiger partial charge in [-0.25, -0.2) is 0 Å². The van der Waals surface area contributed by atoms with Gasteiger partial charge in [0.2, 0.25) is 5.91 Å². The molecule has 0 aromatic heterocycles. The van der Waals surface area contributed by atoms with Crippen LogP contribution < -0.4 is 11.1 Å². The summed E-state index contributed by atoms with van der Waals surface area (Å²) in [7, 11) is 0. The number of nitrogens with one attached hydrogen (secondary N) is 1. The maximum Gasteiger partial charge on any atom is 0.239 e. The van der Waals surface area contributed by atoms with Gasteiger partial charge in [-0.3, -0.25) is 4.79 Å². The summed E-state index contributed by atoms with van der Waals surface area (Å²) in [5.41, 5.74) is 10.1. The Labute approximate surface area is 102 Å². The lowest BCUT2D eigenvalue weighted by molar-refractivity contribution is -0.123. The first-order valence-corrected chi connectivity index (χ1v) is 5.67. The third-order valence-corrected chi connectivity index (χ3v) is 3.16. The minimum absolute atomic E-state index is 0.329. The largest absolute Gasteiger partial charge is 0.394 e. The van der Waals surface area contributed by atoms with Crippen LogP contribution in [0.5, 0.6) is 0 Å². The van der Waals surface area contributed by atoms with Gasteiger partial charge in [0.1, 0.15) is 6.04 Å². The fourth-order valence-corrected chi connectivity index (χ4v) is 1.60. The Morgan fingerprint density at radius 3 is 2.59 bits per heavy atom. The molecule has 0 aliphatic heterocycles. The van der Waals surface area contributed by atoms with E-state index in [1.54, 1.807) is 0 Å². The van der Waals surface area contributed by atoms with Gasteiger partial charge in [0.05, 0.1) is 6.61 Å². The van der Waals surface area contributed by atoms with Crippen molar-refractivity contribution >= 4 is 5.91 Å². The molecule has 0 saturated carbocycles. The number of carbonyl (C=O) groups excluding carboxylic acids is 1. The number of carbonyl (C=O) groups is 1. The van der Waals surface area contributed by atoms with E-state index in [4.69, 9.17) is 10.8 Å². The average molecular weight is 236 g/mol. The Bertz CT molecular complexity index is 416. The van der Waals surface area contributed by atoms with Gasteiger partial charge in [-0.2, -0.15) is 0 Å². The zero-order valence-electron chi connectivity index (χ0n) is 10.6. The number of aryl methyl sites for hydroxylation is 1. The van der Waals surface area contributed by atoms with Crippen LogP contribution in [0.3, 0.4) is 0 Å². The quantitative estimate of drug-likeness (QED) is 0.714. The van der Waals surface area contributed by atoms with Crippen LogP contribution in [0, 0.1) is 20.8 Å². The maximum atomic E-state index is 11.4. The summed E-state index contributed by atoms with van der Waals surface area (Å²) >= 11 is 0. The molecular weight excluding hydrogens is 216 g/mol. The second-order valence-electron chi connectivity index (χ2n) is 4.30. The van der Waals surface area contributed by atoms with Crippen molar-refractivity contribution in [1.29, 1.82) is 0 Å². The summed E-state index contributed by atoms with van der Waals surface area (Å²) in [6.45, 7) is 6.27. The monoisotopic (exact) mass is 236 g/mol. The van der Waals surface area contributed by atoms with Gasteiger partial charge in [0.15, 0.2) is 0 Å². The van der Waals surface area contributed by atoms with Crippen molar-refractivity contribution in [2.75, 3.05) is 6.61 Å². The number of amides is 1. The molecule has 1 atom stereocenters. The van der Waals surface area contributed by atoms with Crippen molar-refractivity contribution in [1.82, 2.24) is 5.32 Å². The minimum Gasteiger partial charge on any atom is -0.394 e. The van der Waals surface area contributed by atoms with Crippen LogP contribution in [0.25, 0.3) is 0 Å². The van der Waals surface area contributed by atoms with Gasteiger partial charge in [0.25, 0.3) is 0 Å². The fraction of sp³-hybridized carbons (Fsp3) is 0.462. The van der Waals surface area contributed by atoms with E-state index in [1.807, 2.05) is 19.1 Å².